The molecule has 2 aromatic rings. The van der Waals surface area contributed by atoms with Gasteiger partial charge in [-0.1, -0.05) is 17.7 Å². The van der Waals surface area contributed by atoms with Gasteiger partial charge in [0.1, 0.15) is 6.10 Å². The van der Waals surface area contributed by atoms with Gasteiger partial charge in [0.2, 0.25) is 0 Å². The smallest absolute Gasteiger partial charge is 0.124 e. The maximum atomic E-state index is 9.99. The highest BCUT2D eigenvalue weighted by molar-refractivity contribution is 6.31. The van der Waals surface area contributed by atoms with Crippen LogP contribution in [-0.4, -0.2) is 15.1 Å². The number of nitrogens with zero attached hydrogens (tertiary/aromatic N) is 2. The van der Waals surface area contributed by atoms with Crippen LogP contribution in [0.4, 0.5) is 0 Å². The number of hydrogen-bond donors (Lipinski definition) is 1. The van der Waals surface area contributed by atoms with E-state index >= 15 is 0 Å². The van der Waals surface area contributed by atoms with Crippen molar-refractivity contribution in [1.29, 1.82) is 0 Å². The number of rotatable bonds is 2. The van der Waals surface area contributed by atoms with Crippen molar-refractivity contribution >= 4 is 11.6 Å². The van der Waals surface area contributed by atoms with E-state index in [9.17, 15) is 5.11 Å². The van der Waals surface area contributed by atoms with E-state index in [-0.39, 0.29) is 0 Å². The Labute approximate surface area is 92.4 Å². The number of aliphatic hydroxyl groups excluding tert-OH is 1. The number of halogens is 1. The molecule has 0 aliphatic heterocycles. The van der Waals surface area contributed by atoms with Crippen LogP contribution in [0, 0.1) is 0 Å². The van der Waals surface area contributed by atoms with E-state index in [1.807, 2.05) is 0 Å². The summed E-state index contributed by atoms with van der Waals surface area (Å²) in [6.07, 6.45) is 4.01. The summed E-state index contributed by atoms with van der Waals surface area (Å²) in [6, 6.07) is 6.96. The van der Waals surface area contributed by atoms with Gasteiger partial charge in [0.25, 0.3) is 0 Å². The Morgan fingerprint density at radius 1 is 1.20 bits per heavy atom. The van der Waals surface area contributed by atoms with E-state index in [4.69, 9.17) is 11.6 Å². The minimum absolute atomic E-state index is 0.451. The molecule has 0 saturated carbocycles. The van der Waals surface area contributed by atoms with Crippen molar-refractivity contribution in [3.05, 3.63) is 59.1 Å². The minimum atomic E-state index is -0.826. The number of aromatic nitrogens is 2. The average molecular weight is 221 g/mol. The standard InChI is InChI=1S/C11H9ClN2O/c12-9-4-2-6-14-10(9)11(15)8-3-1-5-13-7-8/h1-7,11,15H. The zero-order valence-corrected chi connectivity index (χ0v) is 8.59. The van der Waals surface area contributed by atoms with Crippen LogP contribution in [0.1, 0.15) is 17.4 Å². The van der Waals surface area contributed by atoms with E-state index < -0.39 is 6.10 Å². The molecule has 0 fully saturated rings. The molecule has 2 rings (SSSR count). The lowest BCUT2D eigenvalue weighted by Gasteiger charge is -2.10. The highest BCUT2D eigenvalue weighted by Crippen LogP contribution is 2.25. The Bertz CT molecular complexity index is 447. The normalized spacial score (nSPS) is 12.4. The fraction of sp³-hybridized carbons (Fsp3) is 0.0909. The van der Waals surface area contributed by atoms with Crippen LogP contribution in [0.15, 0.2) is 42.9 Å². The predicted octanol–water partition coefficient (Wildman–Crippen LogP) is 2.21. The topological polar surface area (TPSA) is 46.0 Å². The molecule has 1 unspecified atom stereocenters. The number of pyridine rings is 2. The highest BCUT2D eigenvalue weighted by atomic mass is 35.5. The molecule has 0 aliphatic rings. The molecule has 0 bridgehead atoms. The van der Waals surface area contributed by atoms with Crippen molar-refractivity contribution in [3.8, 4) is 0 Å². The zero-order chi connectivity index (χ0) is 10.7. The maximum Gasteiger partial charge on any atom is 0.124 e. The monoisotopic (exact) mass is 220 g/mol. The van der Waals surface area contributed by atoms with E-state index in [0.717, 1.165) is 0 Å². The van der Waals surface area contributed by atoms with Crippen LogP contribution < -0.4 is 0 Å². The van der Waals surface area contributed by atoms with E-state index in [1.54, 1.807) is 42.9 Å². The lowest BCUT2D eigenvalue weighted by Crippen LogP contribution is -2.03. The van der Waals surface area contributed by atoms with Crippen LogP contribution in [0.3, 0.4) is 0 Å². The Morgan fingerprint density at radius 2 is 2.00 bits per heavy atom. The van der Waals surface area contributed by atoms with Gasteiger partial charge < -0.3 is 5.11 Å². The van der Waals surface area contributed by atoms with Crippen LogP contribution >= 0.6 is 11.6 Å². The summed E-state index contributed by atoms with van der Waals surface area (Å²) in [4.78, 5) is 7.97. The zero-order valence-electron chi connectivity index (χ0n) is 7.84. The minimum Gasteiger partial charge on any atom is -0.382 e. The number of hydrogen-bond acceptors (Lipinski definition) is 3. The predicted molar refractivity (Wildman–Crippen MR) is 57.5 cm³/mol. The van der Waals surface area contributed by atoms with Gasteiger partial charge in [-0.2, -0.15) is 0 Å². The van der Waals surface area contributed by atoms with Crippen molar-refractivity contribution in [2.45, 2.75) is 6.10 Å². The Kier molecular flexibility index (Phi) is 2.94. The Hall–Kier alpha value is -1.45. The van der Waals surface area contributed by atoms with Crippen LogP contribution in [-0.2, 0) is 0 Å². The second-order valence-electron chi connectivity index (χ2n) is 3.06. The largest absolute Gasteiger partial charge is 0.382 e. The van der Waals surface area contributed by atoms with Crippen LogP contribution in [0.2, 0.25) is 5.02 Å². The van der Waals surface area contributed by atoms with Gasteiger partial charge in [0.15, 0.2) is 0 Å². The molecular formula is C11H9ClN2O. The maximum absolute atomic E-state index is 9.99. The van der Waals surface area contributed by atoms with E-state index in [0.29, 0.717) is 16.3 Å². The second-order valence-corrected chi connectivity index (χ2v) is 3.47. The summed E-state index contributed by atoms with van der Waals surface area (Å²) >= 11 is 5.93. The number of aliphatic hydroxyl groups is 1. The van der Waals surface area contributed by atoms with Crippen LogP contribution in [0.25, 0.3) is 0 Å². The molecule has 0 aliphatic carbocycles. The summed E-state index contributed by atoms with van der Waals surface area (Å²) in [5, 5.41) is 10.4. The third-order valence-corrected chi connectivity index (χ3v) is 2.37. The van der Waals surface area contributed by atoms with Gasteiger partial charge in [0.05, 0.1) is 10.7 Å². The van der Waals surface area contributed by atoms with Crippen molar-refractivity contribution in [2.75, 3.05) is 0 Å². The van der Waals surface area contributed by atoms with E-state index in [2.05, 4.69) is 9.97 Å². The molecule has 0 aromatic carbocycles. The first-order chi connectivity index (χ1) is 7.29. The van der Waals surface area contributed by atoms with Gasteiger partial charge in [-0.15, -0.1) is 0 Å². The first kappa shape index (κ1) is 10.1. The Morgan fingerprint density at radius 3 is 2.67 bits per heavy atom. The second kappa shape index (κ2) is 4.38. The lowest BCUT2D eigenvalue weighted by molar-refractivity contribution is 0.215. The summed E-state index contributed by atoms with van der Waals surface area (Å²) in [5.41, 5.74) is 1.13. The fourth-order valence-corrected chi connectivity index (χ4v) is 1.52. The molecular weight excluding hydrogens is 212 g/mol. The third kappa shape index (κ3) is 2.14. The molecule has 15 heavy (non-hydrogen) atoms. The van der Waals surface area contributed by atoms with E-state index in [1.165, 1.54) is 0 Å². The molecule has 4 heteroatoms. The molecule has 0 amide bonds. The molecule has 1 atom stereocenters. The first-order valence-electron chi connectivity index (χ1n) is 4.47. The van der Waals surface area contributed by atoms with Crippen LogP contribution in [0.5, 0.6) is 0 Å². The third-order valence-electron chi connectivity index (χ3n) is 2.05. The quantitative estimate of drug-likeness (QED) is 0.844. The molecule has 2 heterocycles. The van der Waals surface area contributed by atoms with Crippen molar-refractivity contribution in [2.24, 2.45) is 0 Å². The van der Waals surface area contributed by atoms with Gasteiger partial charge in [0, 0.05) is 24.2 Å². The molecule has 0 saturated heterocycles. The molecule has 3 nitrogen and oxygen atoms in total. The first-order valence-corrected chi connectivity index (χ1v) is 4.85. The SMILES string of the molecule is OC(c1cccnc1)c1ncccc1Cl. The van der Waals surface area contributed by atoms with Gasteiger partial charge in [-0.3, -0.25) is 9.97 Å². The molecule has 0 spiro atoms. The lowest BCUT2D eigenvalue weighted by atomic mass is 10.1. The highest BCUT2D eigenvalue weighted by Gasteiger charge is 2.14. The van der Waals surface area contributed by atoms with Crippen molar-refractivity contribution in [3.63, 3.8) is 0 Å². The molecule has 1 N–H and O–H groups in total. The molecule has 2 aromatic heterocycles. The summed E-state index contributed by atoms with van der Waals surface area (Å²) in [6.45, 7) is 0. The summed E-state index contributed by atoms with van der Waals surface area (Å²) in [7, 11) is 0. The van der Waals surface area contributed by atoms with Crippen molar-refractivity contribution < 1.29 is 5.11 Å². The van der Waals surface area contributed by atoms with Crippen molar-refractivity contribution in [1.82, 2.24) is 9.97 Å². The summed E-state index contributed by atoms with van der Waals surface area (Å²) in [5.74, 6) is 0. The molecule has 0 radical (unpaired) electrons. The van der Waals surface area contributed by atoms with Gasteiger partial charge in [-0.05, 0) is 18.2 Å². The average Bonchev–Trinajstić information content (AvgIpc) is 2.30. The molecule has 76 valence electrons. The van der Waals surface area contributed by atoms with Gasteiger partial charge >= 0.3 is 0 Å². The Balaban J connectivity index is 2.37. The fourth-order valence-electron chi connectivity index (χ4n) is 1.29. The van der Waals surface area contributed by atoms with Gasteiger partial charge in [-0.25, -0.2) is 0 Å². The summed E-state index contributed by atoms with van der Waals surface area (Å²) < 4.78 is 0.